The van der Waals surface area contributed by atoms with Crippen molar-refractivity contribution in [2.75, 3.05) is 20.6 Å². The lowest BCUT2D eigenvalue weighted by molar-refractivity contribution is 0.371. The lowest BCUT2D eigenvalue weighted by Crippen LogP contribution is -2.34. The maximum Gasteiger partial charge on any atom is 0.0208 e. The summed E-state index contributed by atoms with van der Waals surface area (Å²) in [5.74, 6) is 0. The average molecular weight is 218 g/mol. The van der Waals surface area contributed by atoms with Crippen molar-refractivity contribution in [1.82, 2.24) is 4.90 Å². The molecule has 1 aliphatic rings. The smallest absolute Gasteiger partial charge is 0.0208 e. The summed E-state index contributed by atoms with van der Waals surface area (Å²) < 4.78 is 0. The molecular formula is C14H22N2. The molecule has 1 aromatic carbocycles. The second-order valence-corrected chi connectivity index (χ2v) is 5.18. The molecule has 0 amide bonds. The second kappa shape index (κ2) is 4.98. The van der Waals surface area contributed by atoms with Crippen molar-refractivity contribution >= 4 is 0 Å². The van der Waals surface area contributed by atoms with E-state index in [1.54, 1.807) is 11.1 Å². The van der Waals surface area contributed by atoms with Gasteiger partial charge in [0.15, 0.2) is 0 Å². The molecule has 0 heterocycles. The van der Waals surface area contributed by atoms with E-state index in [0.29, 0.717) is 0 Å². The quantitative estimate of drug-likeness (QED) is 0.832. The van der Waals surface area contributed by atoms with Crippen molar-refractivity contribution in [3.8, 4) is 0 Å². The summed E-state index contributed by atoms with van der Waals surface area (Å²) in [7, 11) is 4.14. The molecule has 1 atom stereocenters. The van der Waals surface area contributed by atoms with Gasteiger partial charge in [0.1, 0.15) is 0 Å². The molecule has 0 aromatic heterocycles. The van der Waals surface area contributed by atoms with E-state index in [9.17, 15) is 0 Å². The summed E-state index contributed by atoms with van der Waals surface area (Å²) in [5.41, 5.74) is 10.6. The molecule has 0 spiro atoms. The Morgan fingerprint density at radius 2 is 2.00 bits per heavy atom. The van der Waals surface area contributed by atoms with E-state index in [-0.39, 0.29) is 6.04 Å². The molecule has 88 valence electrons. The Hall–Kier alpha value is -0.860. The minimum Gasteiger partial charge on any atom is -0.326 e. The van der Waals surface area contributed by atoms with Gasteiger partial charge in [-0.1, -0.05) is 18.2 Å². The summed E-state index contributed by atoms with van der Waals surface area (Å²) in [5, 5.41) is 0. The van der Waals surface area contributed by atoms with Crippen LogP contribution in [0.4, 0.5) is 0 Å². The first-order chi connectivity index (χ1) is 7.65. The van der Waals surface area contributed by atoms with E-state index < -0.39 is 0 Å². The molecule has 2 rings (SSSR count). The van der Waals surface area contributed by atoms with Crippen LogP contribution < -0.4 is 5.73 Å². The molecule has 2 nitrogen and oxygen atoms in total. The molecule has 2 heteroatoms. The Balaban J connectivity index is 1.99. The number of hydrogen-bond acceptors (Lipinski definition) is 2. The van der Waals surface area contributed by atoms with Crippen LogP contribution in [0.5, 0.6) is 0 Å². The predicted molar refractivity (Wildman–Crippen MR) is 68.7 cm³/mol. The van der Waals surface area contributed by atoms with Crippen LogP contribution in [-0.4, -0.2) is 31.6 Å². The van der Waals surface area contributed by atoms with Gasteiger partial charge in [0, 0.05) is 12.6 Å². The Labute approximate surface area is 98.4 Å². The molecule has 2 N–H and O–H groups in total. The fourth-order valence-corrected chi connectivity index (χ4v) is 2.59. The standard InChI is InChI=1S/C14H22N2/c1-16(2)10-14(15)9-11-6-7-12-4-3-5-13(12)8-11/h6-8,14H,3-5,9-10,15H2,1-2H3. The highest BCUT2D eigenvalue weighted by Gasteiger charge is 2.12. The van der Waals surface area contributed by atoms with Crippen molar-refractivity contribution in [3.05, 3.63) is 34.9 Å². The van der Waals surface area contributed by atoms with E-state index >= 15 is 0 Å². The first kappa shape index (κ1) is 11.6. The van der Waals surface area contributed by atoms with Gasteiger partial charge in [0.2, 0.25) is 0 Å². The lowest BCUT2D eigenvalue weighted by Gasteiger charge is -2.17. The number of fused-ring (bicyclic) bond motifs is 1. The fraction of sp³-hybridized carbons (Fsp3) is 0.571. The topological polar surface area (TPSA) is 29.3 Å². The molecule has 0 bridgehead atoms. The minimum atomic E-state index is 0.245. The Bertz CT molecular complexity index is 358. The van der Waals surface area contributed by atoms with Crippen molar-refractivity contribution in [3.63, 3.8) is 0 Å². The number of nitrogens with two attached hydrogens (primary N) is 1. The van der Waals surface area contributed by atoms with Crippen LogP contribution in [0, 0.1) is 0 Å². The first-order valence-electron chi connectivity index (χ1n) is 6.16. The molecule has 16 heavy (non-hydrogen) atoms. The van der Waals surface area contributed by atoms with E-state index in [1.165, 1.54) is 24.8 Å². The molecule has 0 saturated heterocycles. The van der Waals surface area contributed by atoms with Crippen LogP contribution in [0.15, 0.2) is 18.2 Å². The molecule has 0 fully saturated rings. The van der Waals surface area contributed by atoms with Crippen molar-refractivity contribution in [1.29, 1.82) is 0 Å². The van der Waals surface area contributed by atoms with Crippen LogP contribution >= 0.6 is 0 Å². The Kier molecular flexibility index (Phi) is 3.62. The largest absolute Gasteiger partial charge is 0.326 e. The van der Waals surface area contributed by atoms with Gasteiger partial charge in [-0.15, -0.1) is 0 Å². The molecule has 0 aliphatic heterocycles. The Morgan fingerprint density at radius 1 is 1.25 bits per heavy atom. The molecule has 0 saturated carbocycles. The van der Waals surface area contributed by atoms with E-state index in [2.05, 4.69) is 37.2 Å². The van der Waals surface area contributed by atoms with Crippen molar-refractivity contribution in [2.45, 2.75) is 31.7 Å². The molecular weight excluding hydrogens is 196 g/mol. The number of hydrogen-bond donors (Lipinski definition) is 1. The van der Waals surface area contributed by atoms with Gasteiger partial charge < -0.3 is 10.6 Å². The van der Waals surface area contributed by atoms with Crippen molar-refractivity contribution < 1.29 is 0 Å². The minimum absolute atomic E-state index is 0.245. The first-order valence-corrected chi connectivity index (χ1v) is 6.16. The summed E-state index contributed by atoms with van der Waals surface area (Å²) in [6.45, 7) is 0.955. The van der Waals surface area contributed by atoms with Gasteiger partial charge in [0.05, 0.1) is 0 Å². The maximum atomic E-state index is 6.11. The average Bonchev–Trinajstić information content (AvgIpc) is 2.63. The monoisotopic (exact) mass is 218 g/mol. The summed E-state index contributed by atoms with van der Waals surface area (Å²) >= 11 is 0. The third kappa shape index (κ3) is 2.83. The molecule has 1 aromatic rings. The number of benzene rings is 1. The van der Waals surface area contributed by atoms with E-state index in [4.69, 9.17) is 5.73 Å². The predicted octanol–water partition coefficient (Wildman–Crippen LogP) is 1.61. The van der Waals surface area contributed by atoms with E-state index in [0.717, 1.165) is 13.0 Å². The van der Waals surface area contributed by atoms with Gasteiger partial charge in [-0.05, 0) is 56.5 Å². The number of nitrogens with zero attached hydrogens (tertiary/aromatic N) is 1. The normalized spacial score (nSPS) is 16.5. The zero-order chi connectivity index (χ0) is 11.5. The van der Waals surface area contributed by atoms with Crippen LogP contribution in [0.3, 0.4) is 0 Å². The summed E-state index contributed by atoms with van der Waals surface area (Å²) in [6, 6.07) is 7.15. The Morgan fingerprint density at radius 3 is 2.75 bits per heavy atom. The SMILES string of the molecule is CN(C)CC(N)Cc1ccc2c(c1)CCC2. The zero-order valence-corrected chi connectivity index (χ0v) is 10.4. The van der Waals surface area contributed by atoms with E-state index in [1.807, 2.05) is 0 Å². The maximum absolute atomic E-state index is 6.11. The van der Waals surface area contributed by atoms with Gasteiger partial charge >= 0.3 is 0 Å². The van der Waals surface area contributed by atoms with Gasteiger partial charge in [-0.25, -0.2) is 0 Å². The van der Waals surface area contributed by atoms with Crippen molar-refractivity contribution in [2.24, 2.45) is 5.73 Å². The highest BCUT2D eigenvalue weighted by molar-refractivity contribution is 5.35. The number of likely N-dealkylation sites (N-methyl/N-ethyl adjacent to an activating group) is 1. The highest BCUT2D eigenvalue weighted by atomic mass is 15.1. The third-order valence-electron chi connectivity index (χ3n) is 3.26. The molecule has 1 aliphatic carbocycles. The summed E-state index contributed by atoms with van der Waals surface area (Å²) in [4.78, 5) is 2.15. The fourth-order valence-electron chi connectivity index (χ4n) is 2.59. The third-order valence-corrected chi connectivity index (χ3v) is 3.26. The molecule has 1 unspecified atom stereocenters. The van der Waals surface area contributed by atoms with Crippen LogP contribution in [-0.2, 0) is 19.3 Å². The summed E-state index contributed by atoms with van der Waals surface area (Å²) in [6.07, 6.45) is 4.83. The second-order valence-electron chi connectivity index (χ2n) is 5.18. The van der Waals surface area contributed by atoms with Gasteiger partial charge in [0.25, 0.3) is 0 Å². The highest BCUT2D eigenvalue weighted by Crippen LogP contribution is 2.23. The zero-order valence-electron chi connectivity index (χ0n) is 10.4. The van der Waals surface area contributed by atoms with Gasteiger partial charge in [-0.3, -0.25) is 0 Å². The number of rotatable bonds is 4. The van der Waals surface area contributed by atoms with Crippen LogP contribution in [0.25, 0.3) is 0 Å². The van der Waals surface area contributed by atoms with Crippen LogP contribution in [0.2, 0.25) is 0 Å². The lowest BCUT2D eigenvalue weighted by atomic mass is 10.0. The van der Waals surface area contributed by atoms with Gasteiger partial charge in [-0.2, -0.15) is 0 Å². The van der Waals surface area contributed by atoms with Crippen LogP contribution in [0.1, 0.15) is 23.1 Å². The number of aryl methyl sites for hydroxylation is 2. The molecule has 0 radical (unpaired) electrons.